The Morgan fingerprint density at radius 1 is 1.18 bits per heavy atom. The van der Waals surface area contributed by atoms with Crippen molar-refractivity contribution in [2.24, 2.45) is 17.6 Å². The maximum atomic E-state index is 11.6. The highest BCUT2D eigenvalue weighted by Gasteiger charge is 2.18. The molecule has 0 aromatic carbocycles. The molecule has 0 radical (unpaired) electrons. The Labute approximate surface area is 133 Å². The molecule has 0 aromatic heterocycles. The number of nitrogens with one attached hydrogen (secondary N) is 2. The third-order valence-corrected chi connectivity index (χ3v) is 2.92. The molecule has 22 heavy (non-hydrogen) atoms. The maximum absolute atomic E-state index is 11.6. The maximum Gasteiger partial charge on any atom is 0.407 e. The molecule has 2 amide bonds. The van der Waals surface area contributed by atoms with Crippen LogP contribution in [0.15, 0.2) is 0 Å². The minimum Gasteiger partial charge on any atom is -0.444 e. The van der Waals surface area contributed by atoms with Crippen LogP contribution in [-0.4, -0.2) is 50.4 Å². The van der Waals surface area contributed by atoms with E-state index in [-0.39, 0.29) is 12.5 Å². The summed E-state index contributed by atoms with van der Waals surface area (Å²) in [6, 6.07) is 0. The first-order valence-electron chi connectivity index (χ1n) is 7.65. The van der Waals surface area contributed by atoms with Gasteiger partial charge in [-0.15, -0.1) is 0 Å². The Hall–Kier alpha value is -1.34. The van der Waals surface area contributed by atoms with Crippen molar-refractivity contribution in [1.82, 2.24) is 10.6 Å². The Bertz CT molecular complexity index is 340. The average molecular weight is 317 g/mol. The number of hydrogen-bond donors (Lipinski definition) is 3. The summed E-state index contributed by atoms with van der Waals surface area (Å²) in [5.74, 6) is 0.222. The lowest BCUT2D eigenvalue weighted by Gasteiger charge is -2.24. The van der Waals surface area contributed by atoms with E-state index in [1.807, 2.05) is 20.8 Å². The van der Waals surface area contributed by atoms with Crippen molar-refractivity contribution in [3.8, 4) is 0 Å². The summed E-state index contributed by atoms with van der Waals surface area (Å²) in [4.78, 5) is 22.1. The number of carbonyl (C=O) groups excluding carboxylic acids is 2. The lowest BCUT2D eigenvalue weighted by atomic mass is 9.96. The topological polar surface area (TPSA) is 103 Å². The van der Waals surface area contributed by atoms with Gasteiger partial charge in [-0.25, -0.2) is 4.79 Å². The van der Waals surface area contributed by atoms with E-state index in [9.17, 15) is 9.59 Å². The largest absolute Gasteiger partial charge is 0.444 e. The van der Waals surface area contributed by atoms with Crippen molar-refractivity contribution < 1.29 is 19.1 Å². The summed E-state index contributed by atoms with van der Waals surface area (Å²) in [6.45, 7) is 12.0. The Kier molecular flexibility index (Phi) is 9.76. The molecule has 130 valence electrons. The molecule has 7 nitrogen and oxygen atoms in total. The standard InChI is InChI=1S/C15H31N3O4/c1-11(2)12(8-17-6-7-21-10-13(16)19)9-18-14(20)22-15(3,4)5/h11-12,17H,6-10H2,1-5H3,(H2,16,19)(H,18,20). The molecule has 0 saturated carbocycles. The zero-order chi connectivity index (χ0) is 17.2. The fourth-order valence-corrected chi connectivity index (χ4v) is 1.68. The number of rotatable bonds is 10. The van der Waals surface area contributed by atoms with Gasteiger partial charge in [-0.3, -0.25) is 4.79 Å². The first-order valence-corrected chi connectivity index (χ1v) is 7.65. The molecular formula is C15H31N3O4. The summed E-state index contributed by atoms with van der Waals surface area (Å²) < 4.78 is 10.3. The minimum absolute atomic E-state index is 0.0600. The van der Waals surface area contributed by atoms with Crippen LogP contribution < -0.4 is 16.4 Å². The number of primary amides is 1. The van der Waals surface area contributed by atoms with E-state index in [0.29, 0.717) is 25.6 Å². The van der Waals surface area contributed by atoms with E-state index in [2.05, 4.69) is 24.5 Å². The van der Waals surface area contributed by atoms with Crippen molar-refractivity contribution in [2.75, 3.05) is 32.8 Å². The third kappa shape index (κ3) is 12.4. The summed E-state index contributed by atoms with van der Waals surface area (Å²) in [5.41, 5.74) is 4.48. The SMILES string of the molecule is CC(C)C(CNCCOCC(N)=O)CNC(=O)OC(C)(C)C. The number of amides is 2. The summed E-state index contributed by atoms with van der Waals surface area (Å²) in [5, 5.41) is 6.04. The molecular weight excluding hydrogens is 286 g/mol. The highest BCUT2D eigenvalue weighted by atomic mass is 16.6. The number of nitrogens with two attached hydrogens (primary N) is 1. The fraction of sp³-hybridized carbons (Fsp3) is 0.867. The first-order chi connectivity index (χ1) is 10.1. The molecule has 0 aliphatic heterocycles. The number of hydrogen-bond acceptors (Lipinski definition) is 5. The second kappa shape index (κ2) is 10.4. The number of alkyl carbamates (subject to hydrolysis) is 1. The highest BCUT2D eigenvalue weighted by molar-refractivity contribution is 5.74. The molecule has 0 bridgehead atoms. The van der Waals surface area contributed by atoms with Crippen LogP contribution in [0.1, 0.15) is 34.6 Å². The quantitative estimate of drug-likeness (QED) is 0.519. The monoisotopic (exact) mass is 317 g/mol. The molecule has 1 atom stereocenters. The van der Waals surface area contributed by atoms with Crippen molar-refractivity contribution >= 4 is 12.0 Å². The Morgan fingerprint density at radius 3 is 2.32 bits per heavy atom. The van der Waals surface area contributed by atoms with Crippen LogP contribution in [0.25, 0.3) is 0 Å². The van der Waals surface area contributed by atoms with Crippen LogP contribution in [0, 0.1) is 11.8 Å². The van der Waals surface area contributed by atoms with Crippen LogP contribution in [0.3, 0.4) is 0 Å². The van der Waals surface area contributed by atoms with Gasteiger partial charge in [0, 0.05) is 13.1 Å². The summed E-state index contributed by atoms with van der Waals surface area (Å²) in [7, 11) is 0. The van der Waals surface area contributed by atoms with Crippen molar-refractivity contribution in [3.05, 3.63) is 0 Å². The molecule has 0 saturated heterocycles. The molecule has 0 spiro atoms. The second-order valence-corrected chi connectivity index (χ2v) is 6.61. The van der Waals surface area contributed by atoms with Gasteiger partial charge in [0.25, 0.3) is 0 Å². The van der Waals surface area contributed by atoms with Crippen LogP contribution in [0.5, 0.6) is 0 Å². The van der Waals surface area contributed by atoms with Crippen LogP contribution >= 0.6 is 0 Å². The van der Waals surface area contributed by atoms with Crippen molar-refractivity contribution in [3.63, 3.8) is 0 Å². The van der Waals surface area contributed by atoms with Gasteiger partial charge in [-0.1, -0.05) is 13.8 Å². The molecule has 0 aromatic rings. The molecule has 0 fully saturated rings. The lowest BCUT2D eigenvalue weighted by molar-refractivity contribution is -0.122. The van der Waals surface area contributed by atoms with Crippen LogP contribution in [0.4, 0.5) is 4.79 Å². The molecule has 7 heteroatoms. The highest BCUT2D eigenvalue weighted by Crippen LogP contribution is 2.10. The summed E-state index contributed by atoms with van der Waals surface area (Å²) in [6.07, 6.45) is -0.400. The van der Waals surface area contributed by atoms with Crippen molar-refractivity contribution in [1.29, 1.82) is 0 Å². The van der Waals surface area contributed by atoms with Gasteiger partial charge in [0.05, 0.1) is 6.61 Å². The van der Waals surface area contributed by atoms with Crippen LogP contribution in [-0.2, 0) is 14.3 Å². The molecule has 0 heterocycles. The van der Waals surface area contributed by atoms with E-state index in [4.69, 9.17) is 15.2 Å². The zero-order valence-corrected chi connectivity index (χ0v) is 14.4. The Balaban J connectivity index is 3.92. The second-order valence-electron chi connectivity index (χ2n) is 6.61. The van der Waals surface area contributed by atoms with E-state index >= 15 is 0 Å². The molecule has 1 unspecified atom stereocenters. The molecule has 0 rings (SSSR count). The van der Waals surface area contributed by atoms with Gasteiger partial charge in [-0.05, 0) is 39.2 Å². The van der Waals surface area contributed by atoms with E-state index < -0.39 is 17.6 Å². The number of carbonyl (C=O) groups is 2. The number of ether oxygens (including phenoxy) is 2. The average Bonchev–Trinajstić information content (AvgIpc) is 2.33. The first kappa shape index (κ1) is 20.7. The Morgan fingerprint density at radius 2 is 1.82 bits per heavy atom. The predicted molar refractivity (Wildman–Crippen MR) is 85.4 cm³/mol. The van der Waals surface area contributed by atoms with Gasteiger partial charge in [0.2, 0.25) is 5.91 Å². The van der Waals surface area contributed by atoms with Crippen LogP contribution in [0.2, 0.25) is 0 Å². The van der Waals surface area contributed by atoms with E-state index in [1.54, 1.807) is 0 Å². The fourth-order valence-electron chi connectivity index (χ4n) is 1.68. The minimum atomic E-state index is -0.493. The van der Waals surface area contributed by atoms with E-state index in [1.165, 1.54) is 0 Å². The van der Waals surface area contributed by atoms with E-state index in [0.717, 1.165) is 6.54 Å². The van der Waals surface area contributed by atoms with Gasteiger partial charge < -0.3 is 25.8 Å². The predicted octanol–water partition coefficient (Wildman–Crippen LogP) is 0.875. The normalized spacial score (nSPS) is 13.0. The van der Waals surface area contributed by atoms with Gasteiger partial charge in [0.1, 0.15) is 12.2 Å². The summed E-state index contributed by atoms with van der Waals surface area (Å²) >= 11 is 0. The van der Waals surface area contributed by atoms with Gasteiger partial charge >= 0.3 is 6.09 Å². The zero-order valence-electron chi connectivity index (χ0n) is 14.4. The lowest BCUT2D eigenvalue weighted by Crippen LogP contribution is -2.40. The smallest absolute Gasteiger partial charge is 0.407 e. The van der Waals surface area contributed by atoms with Gasteiger partial charge in [-0.2, -0.15) is 0 Å². The molecule has 4 N–H and O–H groups in total. The van der Waals surface area contributed by atoms with Crippen molar-refractivity contribution in [2.45, 2.75) is 40.2 Å². The molecule has 0 aliphatic rings. The third-order valence-electron chi connectivity index (χ3n) is 2.92. The van der Waals surface area contributed by atoms with Gasteiger partial charge in [0.15, 0.2) is 0 Å². The molecule has 0 aliphatic carbocycles.